The van der Waals surface area contributed by atoms with Crippen LogP contribution in [-0.2, 0) is 28.7 Å². The summed E-state index contributed by atoms with van der Waals surface area (Å²) in [6, 6.07) is 9.76. The van der Waals surface area contributed by atoms with Crippen LogP contribution < -0.4 is 85.4 Å². The summed E-state index contributed by atoms with van der Waals surface area (Å²) in [5.74, 6) is -5.64. The summed E-state index contributed by atoms with van der Waals surface area (Å²) in [5, 5.41) is 22.4. The molecule has 28 nitrogen and oxygen atoms in total. The standard InChI is InChI=1S/C58H80N16O12/c1-32(2)49(76)69-36-20-24-47(85-7)40(30-36)51(78)74-44(15-11-27-66-57(61)62)55(82)71-37-21-25-48(86-8)41(31-37)52(79)73-42(16-12-28-67-58(63)64-4)53(80)68-34-13-9-17-45(83-5)38(22-18-34)50(77)72-43(14-10-26-65-56(59)60)54(81)70-35-19-23-46(84-6)39(29-35)33(3)75/h9,13,17-25,29-32,38,42-45H,10-12,14-16,26-28H2,1-8H3,(H,68,80)(H,69,76)(H,70,81)(H,71,82)(H,72,77)(H,73,79)(H,74,78)(H4,59,60,65)(H4,61,62,66)(H3,63,64,67)/b17-9-,22-18?,34-13?/t38?,42-,43-,44-,45?/m1/s1. The zero-order valence-electron chi connectivity index (χ0n) is 49.5. The fourth-order valence-corrected chi connectivity index (χ4v) is 8.42. The van der Waals surface area contributed by atoms with E-state index in [9.17, 15) is 38.4 Å². The molecule has 86 heavy (non-hydrogen) atoms. The van der Waals surface area contributed by atoms with Gasteiger partial charge in [0.25, 0.3) is 11.8 Å². The minimum Gasteiger partial charge on any atom is -0.496 e. The lowest BCUT2D eigenvalue weighted by Crippen LogP contribution is -2.48. The average molecular weight is 1190 g/mol. The third-order valence-electron chi connectivity index (χ3n) is 13.0. The van der Waals surface area contributed by atoms with Crippen molar-refractivity contribution in [3.05, 3.63) is 107 Å². The van der Waals surface area contributed by atoms with Gasteiger partial charge in [0.1, 0.15) is 35.4 Å². The number of rotatable bonds is 31. The minimum atomic E-state index is -1.23. The molecule has 0 fully saturated rings. The fraction of sp³-hybridized carbons (Fsp3) is 0.397. The molecule has 0 aliphatic heterocycles. The van der Waals surface area contributed by atoms with E-state index in [0.29, 0.717) is 17.9 Å². The summed E-state index contributed by atoms with van der Waals surface area (Å²) in [6.07, 6.45) is 7.89. The van der Waals surface area contributed by atoms with Gasteiger partial charge in [-0.2, -0.15) is 0 Å². The molecule has 28 heteroatoms. The van der Waals surface area contributed by atoms with E-state index in [1.165, 1.54) is 97.0 Å². The molecule has 0 saturated carbocycles. The number of nitrogens with two attached hydrogens (primary N) is 5. The Balaban J connectivity index is 1.60. The lowest BCUT2D eigenvalue weighted by molar-refractivity contribution is -0.130. The number of anilines is 3. The summed E-state index contributed by atoms with van der Waals surface area (Å²) in [7, 11) is 7.02. The van der Waals surface area contributed by atoms with Gasteiger partial charge in [0.05, 0.1) is 50.0 Å². The van der Waals surface area contributed by atoms with Crippen molar-refractivity contribution in [3.8, 4) is 17.2 Å². The number of nitrogens with zero attached hydrogens (tertiary/aromatic N) is 3. The summed E-state index contributed by atoms with van der Waals surface area (Å²) in [4.78, 5) is 122. The number of ketones is 1. The van der Waals surface area contributed by atoms with E-state index in [1.54, 1.807) is 44.2 Å². The van der Waals surface area contributed by atoms with E-state index in [4.69, 9.17) is 47.6 Å². The summed E-state index contributed by atoms with van der Waals surface area (Å²) >= 11 is 0. The van der Waals surface area contributed by atoms with Crippen LogP contribution in [0.25, 0.3) is 0 Å². The van der Waals surface area contributed by atoms with Crippen LogP contribution in [0.3, 0.4) is 0 Å². The van der Waals surface area contributed by atoms with Crippen LogP contribution in [0.4, 0.5) is 17.1 Å². The van der Waals surface area contributed by atoms with Gasteiger partial charge in [-0.15, -0.1) is 0 Å². The van der Waals surface area contributed by atoms with Crippen molar-refractivity contribution < 1.29 is 57.3 Å². The molecule has 0 aromatic heterocycles. The molecule has 0 heterocycles. The minimum absolute atomic E-state index is 0.0281. The molecule has 1 aliphatic rings. The molecule has 5 atom stereocenters. The predicted molar refractivity (Wildman–Crippen MR) is 328 cm³/mol. The number of hydrogen-bond acceptors (Lipinski definition) is 15. The SMILES string of the molecule is CN=C(N)NCCC[C@@H](NC(=O)c1cc(NC(=O)[C@@H](CCCN=C(N)N)NC(=O)c2cc(NC(=O)C(C)C)ccc2OC)ccc1OC)C(=O)NC1=C/C=C\C(OC)C(C(=O)N[C@H](CCCN=C(N)N)C(=O)Nc2ccc(OC)c(C(C)=O)c2)C=C1. The number of allylic oxidation sites excluding steroid dienone is 3. The first-order chi connectivity index (χ1) is 41.0. The Morgan fingerprint density at radius 2 is 1.01 bits per heavy atom. The van der Waals surface area contributed by atoms with Crippen molar-refractivity contribution in [1.29, 1.82) is 0 Å². The number of guanidine groups is 3. The highest BCUT2D eigenvalue weighted by atomic mass is 16.5. The van der Waals surface area contributed by atoms with Gasteiger partial charge in [0, 0.05) is 62.5 Å². The highest BCUT2D eigenvalue weighted by Gasteiger charge is 2.31. The molecule has 0 radical (unpaired) electrons. The van der Waals surface area contributed by atoms with Gasteiger partial charge in [-0.05, 0) is 112 Å². The van der Waals surface area contributed by atoms with Gasteiger partial charge in [-0.1, -0.05) is 32.1 Å². The van der Waals surface area contributed by atoms with Crippen molar-refractivity contribution in [2.75, 3.05) is 71.1 Å². The van der Waals surface area contributed by atoms with Crippen molar-refractivity contribution in [3.63, 3.8) is 0 Å². The molecule has 2 unspecified atom stereocenters. The number of ether oxygens (including phenoxy) is 4. The number of hydrogen-bond donors (Lipinski definition) is 13. The fourth-order valence-electron chi connectivity index (χ4n) is 8.42. The molecule has 0 spiro atoms. The molecule has 464 valence electrons. The first-order valence-electron chi connectivity index (χ1n) is 27.4. The molecule has 0 saturated heterocycles. The summed E-state index contributed by atoms with van der Waals surface area (Å²) in [6.45, 7) is 5.34. The monoisotopic (exact) mass is 1190 g/mol. The highest BCUT2D eigenvalue weighted by Crippen LogP contribution is 2.27. The van der Waals surface area contributed by atoms with Crippen LogP contribution in [0.5, 0.6) is 17.2 Å². The van der Waals surface area contributed by atoms with Crippen LogP contribution in [0.2, 0.25) is 0 Å². The molecule has 18 N–H and O–H groups in total. The highest BCUT2D eigenvalue weighted by molar-refractivity contribution is 6.06. The first kappa shape index (κ1) is 68.5. The molecule has 0 bridgehead atoms. The zero-order chi connectivity index (χ0) is 63.5. The van der Waals surface area contributed by atoms with E-state index in [0.717, 1.165) is 0 Å². The number of nitrogens with one attached hydrogen (secondary N) is 8. The normalized spacial score (nSPS) is 15.0. The van der Waals surface area contributed by atoms with Gasteiger partial charge < -0.3 is 90.2 Å². The third kappa shape index (κ3) is 21.6. The van der Waals surface area contributed by atoms with Crippen LogP contribution in [0, 0.1) is 11.8 Å². The van der Waals surface area contributed by atoms with Crippen LogP contribution in [0.1, 0.15) is 90.4 Å². The lowest BCUT2D eigenvalue weighted by atomic mass is 9.97. The molecule has 3 aromatic carbocycles. The zero-order valence-corrected chi connectivity index (χ0v) is 49.5. The molecular formula is C58H80N16O12. The Morgan fingerprint density at radius 1 is 0.570 bits per heavy atom. The first-order valence-corrected chi connectivity index (χ1v) is 27.4. The van der Waals surface area contributed by atoms with Crippen LogP contribution >= 0.6 is 0 Å². The van der Waals surface area contributed by atoms with Crippen molar-refractivity contribution in [1.82, 2.24) is 26.6 Å². The maximum Gasteiger partial charge on any atom is 0.255 e. The quantitative estimate of drug-likeness (QED) is 0.0188. The van der Waals surface area contributed by atoms with E-state index in [2.05, 4.69) is 57.5 Å². The van der Waals surface area contributed by atoms with Gasteiger partial charge in [-0.3, -0.25) is 53.3 Å². The largest absolute Gasteiger partial charge is 0.496 e. The third-order valence-corrected chi connectivity index (χ3v) is 13.0. The van der Waals surface area contributed by atoms with Gasteiger partial charge in [-0.25, -0.2) is 0 Å². The molecule has 7 amide bonds. The molecule has 3 aromatic rings. The lowest BCUT2D eigenvalue weighted by Gasteiger charge is -2.25. The Morgan fingerprint density at radius 3 is 1.45 bits per heavy atom. The van der Waals surface area contributed by atoms with Crippen molar-refractivity contribution in [2.24, 2.45) is 55.5 Å². The van der Waals surface area contributed by atoms with Gasteiger partial charge in [0.2, 0.25) is 29.5 Å². The van der Waals surface area contributed by atoms with Crippen molar-refractivity contribution >= 4 is 82.1 Å². The number of carbonyl (C=O) groups is 8. The van der Waals surface area contributed by atoms with E-state index in [-0.39, 0.29) is 132 Å². The number of benzene rings is 3. The maximum atomic E-state index is 14.4. The second kappa shape index (κ2) is 34.6. The van der Waals surface area contributed by atoms with Gasteiger partial charge >= 0.3 is 0 Å². The van der Waals surface area contributed by atoms with Crippen LogP contribution in [0.15, 0.2) is 106 Å². The Hall–Kier alpha value is -9.99. The molecule has 1 aliphatic carbocycles. The number of amides is 7. The Bertz CT molecular complexity index is 3090. The second-order valence-electron chi connectivity index (χ2n) is 19.7. The number of aliphatic imine (C=N–C) groups is 3. The Kier molecular flexibility index (Phi) is 27.5. The van der Waals surface area contributed by atoms with Crippen molar-refractivity contribution in [2.45, 2.75) is 83.5 Å². The topological polar surface area (TPSA) is 437 Å². The van der Waals surface area contributed by atoms with E-state index in [1.807, 2.05) is 0 Å². The second-order valence-corrected chi connectivity index (χ2v) is 19.7. The Labute approximate surface area is 499 Å². The number of methoxy groups -OCH3 is 4. The molecule has 4 rings (SSSR count). The smallest absolute Gasteiger partial charge is 0.255 e. The van der Waals surface area contributed by atoms with E-state index < -0.39 is 65.6 Å². The maximum absolute atomic E-state index is 14.4. The number of Topliss-reactive ketones (excluding diaryl/α,β-unsaturated/α-hetero) is 1. The average Bonchev–Trinajstić information content (AvgIpc) is 3.52. The number of carbonyl (C=O) groups excluding carboxylic acids is 8. The van der Waals surface area contributed by atoms with Crippen LogP contribution in [-0.4, -0.2) is 144 Å². The van der Waals surface area contributed by atoms with E-state index >= 15 is 0 Å². The summed E-state index contributed by atoms with van der Waals surface area (Å²) in [5.41, 5.74) is 29.1. The predicted octanol–water partition coefficient (Wildman–Crippen LogP) is 1.65. The summed E-state index contributed by atoms with van der Waals surface area (Å²) < 4.78 is 22.0. The molecular weight excluding hydrogens is 1110 g/mol. The van der Waals surface area contributed by atoms with Gasteiger partial charge in [0.15, 0.2) is 23.7 Å².